The van der Waals surface area contributed by atoms with Gasteiger partial charge in [-0.15, -0.1) is 0 Å². The molecule has 1 aromatic heterocycles. The van der Waals surface area contributed by atoms with Crippen LogP contribution in [0.15, 0.2) is 18.2 Å². The number of aromatic amines is 1. The lowest BCUT2D eigenvalue weighted by Gasteiger charge is -2.21. The van der Waals surface area contributed by atoms with E-state index in [9.17, 15) is 4.79 Å². The molecule has 2 aliphatic rings. The van der Waals surface area contributed by atoms with E-state index < -0.39 is 0 Å². The van der Waals surface area contributed by atoms with Gasteiger partial charge >= 0.3 is 0 Å². The topological polar surface area (TPSA) is 57.8 Å². The third kappa shape index (κ3) is 2.51. The molecule has 2 saturated carbocycles. The van der Waals surface area contributed by atoms with Crippen LogP contribution in [0, 0.1) is 18.8 Å². The van der Waals surface area contributed by atoms with Crippen molar-refractivity contribution < 1.29 is 4.79 Å². The van der Waals surface area contributed by atoms with Gasteiger partial charge in [0.15, 0.2) is 0 Å². The monoisotopic (exact) mass is 297 g/mol. The number of benzene rings is 1. The number of para-hydroxylation sites is 1. The number of aryl methyl sites for hydroxylation is 1. The molecule has 4 heteroatoms. The summed E-state index contributed by atoms with van der Waals surface area (Å²) in [6.07, 6.45) is 7.99. The molecule has 0 saturated heterocycles. The first-order valence-corrected chi connectivity index (χ1v) is 8.48. The number of hydrogen-bond donors (Lipinski definition) is 2. The smallest absolute Gasteiger partial charge is 0.253 e. The average molecular weight is 297 g/mol. The highest BCUT2D eigenvalue weighted by molar-refractivity contribution is 6.05. The minimum Gasteiger partial charge on any atom is -0.349 e. The van der Waals surface area contributed by atoms with Gasteiger partial charge in [0, 0.05) is 6.04 Å². The zero-order chi connectivity index (χ0) is 15.1. The van der Waals surface area contributed by atoms with Gasteiger partial charge in [-0.2, -0.15) is 0 Å². The Balaban J connectivity index is 1.46. The second-order valence-electron chi connectivity index (χ2n) is 6.90. The molecule has 4 rings (SSSR count). The van der Waals surface area contributed by atoms with Crippen LogP contribution < -0.4 is 5.32 Å². The Morgan fingerprint density at radius 2 is 2.09 bits per heavy atom. The fourth-order valence-electron chi connectivity index (χ4n) is 4.05. The SMILES string of the molecule is Cc1nc2c(C(=O)N[C@@H]3C[C@H]3C3CCCCC3)cccc2[nH]1. The number of H-pyrrole nitrogens is 1. The van der Waals surface area contributed by atoms with Crippen LogP contribution in [0.3, 0.4) is 0 Å². The molecule has 2 aromatic rings. The standard InChI is InChI=1S/C18H23N3O/c1-11-19-15-9-5-8-13(17(15)20-11)18(22)21-16-10-14(16)12-6-3-2-4-7-12/h5,8-9,12,14,16H,2-4,6-7,10H2,1H3,(H,19,20)(H,21,22)/t14-,16+/m0/s1. The second kappa shape index (κ2) is 5.41. The maximum atomic E-state index is 12.6. The number of nitrogens with zero attached hydrogens (tertiary/aromatic N) is 1. The quantitative estimate of drug-likeness (QED) is 0.910. The molecule has 0 aliphatic heterocycles. The first-order valence-electron chi connectivity index (χ1n) is 8.48. The largest absolute Gasteiger partial charge is 0.349 e. The number of imidazole rings is 1. The lowest BCUT2D eigenvalue weighted by molar-refractivity contribution is 0.0948. The number of amides is 1. The van der Waals surface area contributed by atoms with Gasteiger partial charge in [-0.25, -0.2) is 4.98 Å². The van der Waals surface area contributed by atoms with Gasteiger partial charge in [0.05, 0.1) is 11.1 Å². The van der Waals surface area contributed by atoms with E-state index >= 15 is 0 Å². The molecule has 4 nitrogen and oxygen atoms in total. The molecule has 116 valence electrons. The molecular formula is C18H23N3O. The molecule has 1 amide bonds. The van der Waals surface area contributed by atoms with Crippen molar-refractivity contribution in [2.45, 2.75) is 51.5 Å². The van der Waals surface area contributed by atoms with Crippen LogP contribution in [-0.4, -0.2) is 21.9 Å². The fourth-order valence-corrected chi connectivity index (χ4v) is 4.05. The van der Waals surface area contributed by atoms with E-state index in [1.165, 1.54) is 32.1 Å². The lowest BCUT2D eigenvalue weighted by atomic mass is 9.85. The van der Waals surface area contributed by atoms with Crippen LogP contribution in [0.2, 0.25) is 0 Å². The van der Waals surface area contributed by atoms with Crippen molar-refractivity contribution >= 4 is 16.9 Å². The van der Waals surface area contributed by atoms with Crippen LogP contribution in [0.25, 0.3) is 11.0 Å². The summed E-state index contributed by atoms with van der Waals surface area (Å²) >= 11 is 0. The van der Waals surface area contributed by atoms with Crippen LogP contribution in [0.4, 0.5) is 0 Å². The highest BCUT2D eigenvalue weighted by Gasteiger charge is 2.43. The van der Waals surface area contributed by atoms with Gasteiger partial charge in [0.1, 0.15) is 11.3 Å². The highest BCUT2D eigenvalue weighted by Crippen LogP contribution is 2.44. The normalized spacial score (nSPS) is 25.3. The Morgan fingerprint density at radius 3 is 2.91 bits per heavy atom. The van der Waals surface area contributed by atoms with E-state index in [2.05, 4.69) is 15.3 Å². The van der Waals surface area contributed by atoms with Gasteiger partial charge in [0.25, 0.3) is 5.91 Å². The van der Waals surface area contributed by atoms with Crippen LogP contribution in [0.5, 0.6) is 0 Å². The summed E-state index contributed by atoms with van der Waals surface area (Å²) in [7, 11) is 0. The summed E-state index contributed by atoms with van der Waals surface area (Å²) in [6, 6.07) is 6.13. The minimum atomic E-state index is 0.0282. The maximum Gasteiger partial charge on any atom is 0.253 e. The van der Waals surface area contributed by atoms with Crippen molar-refractivity contribution in [1.29, 1.82) is 0 Å². The zero-order valence-electron chi connectivity index (χ0n) is 13.1. The molecule has 2 N–H and O–H groups in total. The van der Waals surface area contributed by atoms with Crippen LogP contribution in [-0.2, 0) is 0 Å². The molecule has 2 atom stereocenters. The Kier molecular flexibility index (Phi) is 3.40. The van der Waals surface area contributed by atoms with Gasteiger partial charge in [-0.1, -0.05) is 38.2 Å². The van der Waals surface area contributed by atoms with Gasteiger partial charge < -0.3 is 10.3 Å². The van der Waals surface area contributed by atoms with Gasteiger partial charge in [0.2, 0.25) is 0 Å². The number of carbonyl (C=O) groups excluding carboxylic acids is 1. The first kappa shape index (κ1) is 13.8. The number of carbonyl (C=O) groups is 1. The summed E-state index contributed by atoms with van der Waals surface area (Å²) in [5.74, 6) is 2.43. The summed E-state index contributed by atoms with van der Waals surface area (Å²) in [6.45, 7) is 1.92. The van der Waals surface area contributed by atoms with E-state index in [-0.39, 0.29) is 5.91 Å². The summed E-state index contributed by atoms with van der Waals surface area (Å²) < 4.78 is 0. The van der Waals surface area contributed by atoms with Crippen molar-refractivity contribution in [3.05, 3.63) is 29.6 Å². The molecule has 1 heterocycles. The first-order chi connectivity index (χ1) is 10.7. The van der Waals surface area contributed by atoms with E-state index in [1.54, 1.807) is 0 Å². The Bertz CT molecular complexity index is 699. The molecule has 0 bridgehead atoms. The number of hydrogen-bond acceptors (Lipinski definition) is 2. The predicted octanol–water partition coefficient (Wildman–Crippen LogP) is 3.57. The minimum absolute atomic E-state index is 0.0282. The van der Waals surface area contributed by atoms with Crippen molar-refractivity contribution in [2.75, 3.05) is 0 Å². The zero-order valence-corrected chi connectivity index (χ0v) is 13.1. The summed E-state index contributed by atoms with van der Waals surface area (Å²) in [5, 5.41) is 3.23. The Labute approximate surface area is 130 Å². The average Bonchev–Trinajstić information content (AvgIpc) is 3.18. The second-order valence-corrected chi connectivity index (χ2v) is 6.90. The number of aromatic nitrogens is 2. The molecular weight excluding hydrogens is 274 g/mol. The van der Waals surface area contributed by atoms with E-state index in [0.717, 1.165) is 29.2 Å². The maximum absolute atomic E-state index is 12.6. The van der Waals surface area contributed by atoms with E-state index in [1.807, 2.05) is 25.1 Å². The number of rotatable bonds is 3. The Hall–Kier alpha value is -1.84. The summed E-state index contributed by atoms with van der Waals surface area (Å²) in [5.41, 5.74) is 2.41. The fraction of sp³-hybridized carbons (Fsp3) is 0.556. The molecule has 0 radical (unpaired) electrons. The summed E-state index contributed by atoms with van der Waals surface area (Å²) in [4.78, 5) is 20.2. The third-order valence-corrected chi connectivity index (χ3v) is 5.29. The Morgan fingerprint density at radius 1 is 1.27 bits per heavy atom. The highest BCUT2D eigenvalue weighted by atomic mass is 16.1. The van der Waals surface area contributed by atoms with Crippen LogP contribution in [0.1, 0.15) is 54.7 Å². The molecule has 0 unspecified atom stereocenters. The van der Waals surface area contributed by atoms with Crippen molar-refractivity contribution in [3.8, 4) is 0 Å². The number of fused-ring (bicyclic) bond motifs is 1. The molecule has 22 heavy (non-hydrogen) atoms. The van der Waals surface area contributed by atoms with Crippen molar-refractivity contribution in [1.82, 2.24) is 15.3 Å². The third-order valence-electron chi connectivity index (χ3n) is 5.29. The lowest BCUT2D eigenvalue weighted by Crippen LogP contribution is -2.28. The van der Waals surface area contributed by atoms with E-state index in [4.69, 9.17) is 0 Å². The molecule has 0 spiro atoms. The van der Waals surface area contributed by atoms with Crippen LogP contribution >= 0.6 is 0 Å². The van der Waals surface area contributed by atoms with E-state index in [0.29, 0.717) is 17.5 Å². The van der Waals surface area contributed by atoms with Gasteiger partial charge in [-0.05, 0) is 37.3 Å². The number of nitrogens with one attached hydrogen (secondary N) is 2. The predicted molar refractivity (Wildman–Crippen MR) is 86.8 cm³/mol. The van der Waals surface area contributed by atoms with Crippen molar-refractivity contribution in [3.63, 3.8) is 0 Å². The van der Waals surface area contributed by atoms with Crippen molar-refractivity contribution in [2.24, 2.45) is 11.8 Å². The molecule has 1 aromatic carbocycles. The molecule has 2 fully saturated rings. The molecule has 2 aliphatic carbocycles. The van der Waals surface area contributed by atoms with Gasteiger partial charge in [-0.3, -0.25) is 4.79 Å².